The molecule has 2 aliphatic rings. The predicted octanol–water partition coefficient (Wildman–Crippen LogP) is 4.83. The molecule has 1 N–H and O–H groups in total. The molecule has 0 heterocycles. The van der Waals surface area contributed by atoms with Gasteiger partial charge in [0, 0.05) is 6.42 Å². The molecule has 142 valence electrons. The van der Waals surface area contributed by atoms with E-state index in [-0.39, 0.29) is 23.2 Å². The summed E-state index contributed by atoms with van der Waals surface area (Å²) in [5.74, 6) is 0.0329. The maximum absolute atomic E-state index is 12.0. The number of ether oxygens (including phenoxy) is 1. The molecular formula is C21H34O4. The average Bonchev–Trinajstić information content (AvgIpc) is 2.53. The van der Waals surface area contributed by atoms with Crippen LogP contribution >= 0.6 is 0 Å². The zero-order valence-electron chi connectivity index (χ0n) is 16.3. The number of carbonyl (C=O) groups is 2. The molecule has 2 fully saturated rings. The van der Waals surface area contributed by atoms with Gasteiger partial charge < -0.3 is 9.84 Å². The van der Waals surface area contributed by atoms with E-state index in [9.17, 15) is 14.7 Å². The van der Waals surface area contributed by atoms with Gasteiger partial charge in [-0.25, -0.2) is 0 Å². The minimum absolute atomic E-state index is 0.00566. The van der Waals surface area contributed by atoms with Crippen molar-refractivity contribution in [2.45, 2.75) is 72.1 Å². The number of aliphatic carboxylic acids is 1. The highest BCUT2D eigenvalue weighted by molar-refractivity contribution is 5.75. The van der Waals surface area contributed by atoms with Crippen LogP contribution in [-0.2, 0) is 14.3 Å². The van der Waals surface area contributed by atoms with Crippen LogP contribution in [0.25, 0.3) is 0 Å². The Morgan fingerprint density at radius 2 is 2.04 bits per heavy atom. The molecule has 2 rings (SSSR count). The number of fused-ring (bicyclic) bond motifs is 1. The van der Waals surface area contributed by atoms with E-state index < -0.39 is 11.4 Å². The number of rotatable bonds is 6. The lowest BCUT2D eigenvalue weighted by atomic mass is 9.46. The number of hydrogen-bond donors (Lipinski definition) is 1. The Labute approximate surface area is 152 Å². The van der Waals surface area contributed by atoms with E-state index in [1.807, 2.05) is 6.92 Å². The number of allylic oxidation sites excluding steroid dienone is 1. The first-order valence-corrected chi connectivity index (χ1v) is 9.63. The average molecular weight is 350 g/mol. The van der Waals surface area contributed by atoms with Crippen LogP contribution in [0.2, 0.25) is 0 Å². The Morgan fingerprint density at radius 3 is 2.64 bits per heavy atom. The van der Waals surface area contributed by atoms with Gasteiger partial charge in [0.05, 0.1) is 12.5 Å². The molecule has 0 amide bonds. The first-order chi connectivity index (χ1) is 11.6. The molecule has 0 radical (unpaired) electrons. The van der Waals surface area contributed by atoms with Crippen molar-refractivity contribution in [3.8, 4) is 0 Å². The van der Waals surface area contributed by atoms with Crippen molar-refractivity contribution in [3.63, 3.8) is 0 Å². The number of carboxylic acids is 1. The number of esters is 1. The first kappa shape index (κ1) is 20.0. The molecular weight excluding hydrogens is 316 g/mol. The molecule has 0 aromatic carbocycles. The van der Waals surface area contributed by atoms with Crippen molar-refractivity contribution in [3.05, 3.63) is 12.2 Å². The van der Waals surface area contributed by atoms with E-state index in [4.69, 9.17) is 4.74 Å². The summed E-state index contributed by atoms with van der Waals surface area (Å²) in [5, 5.41) is 9.87. The van der Waals surface area contributed by atoms with Gasteiger partial charge in [0.2, 0.25) is 0 Å². The van der Waals surface area contributed by atoms with Crippen LogP contribution < -0.4 is 0 Å². The summed E-state index contributed by atoms with van der Waals surface area (Å²) in [7, 11) is 1.43. The Morgan fingerprint density at radius 1 is 1.36 bits per heavy atom. The fourth-order valence-corrected chi connectivity index (χ4v) is 5.66. The van der Waals surface area contributed by atoms with Crippen molar-refractivity contribution in [1.82, 2.24) is 0 Å². The molecule has 5 atom stereocenters. The van der Waals surface area contributed by atoms with Crippen LogP contribution in [0.3, 0.4) is 0 Å². The molecule has 25 heavy (non-hydrogen) atoms. The van der Waals surface area contributed by atoms with Crippen molar-refractivity contribution >= 4 is 11.9 Å². The summed E-state index contributed by atoms with van der Waals surface area (Å²) < 4.78 is 4.77. The van der Waals surface area contributed by atoms with E-state index >= 15 is 0 Å². The highest BCUT2D eigenvalue weighted by Gasteiger charge is 2.57. The molecule has 0 bridgehead atoms. The molecule has 0 aromatic heterocycles. The minimum atomic E-state index is -0.645. The maximum atomic E-state index is 12.0. The third kappa shape index (κ3) is 3.78. The molecule has 0 unspecified atom stereocenters. The van der Waals surface area contributed by atoms with Crippen LogP contribution in [0.5, 0.6) is 0 Å². The SMILES string of the molecule is C=C1CC[C@@H]2[C@@](C)(CCC[C@]2(C)C(=O)O)[C@@H]1CC[C@H](C)CC(=O)OC. The topological polar surface area (TPSA) is 63.6 Å². The number of carbonyl (C=O) groups excluding carboxylic acids is 1. The second-order valence-electron chi connectivity index (χ2n) is 8.85. The van der Waals surface area contributed by atoms with Crippen LogP contribution in [0.4, 0.5) is 0 Å². The van der Waals surface area contributed by atoms with Crippen LogP contribution in [0.15, 0.2) is 12.2 Å². The number of methoxy groups -OCH3 is 1. The first-order valence-electron chi connectivity index (χ1n) is 9.63. The maximum Gasteiger partial charge on any atom is 0.309 e. The van der Waals surface area contributed by atoms with E-state index in [2.05, 4.69) is 20.4 Å². The normalized spacial score (nSPS) is 36.4. The summed E-state index contributed by atoms with van der Waals surface area (Å²) >= 11 is 0. The highest BCUT2D eigenvalue weighted by Crippen LogP contribution is 2.62. The summed E-state index contributed by atoms with van der Waals surface area (Å²) in [6.45, 7) is 10.7. The van der Waals surface area contributed by atoms with Crippen LogP contribution in [0, 0.1) is 28.6 Å². The number of hydrogen-bond acceptors (Lipinski definition) is 3. The molecule has 0 saturated heterocycles. The monoisotopic (exact) mass is 350 g/mol. The summed E-state index contributed by atoms with van der Waals surface area (Å²) in [5.41, 5.74) is 0.661. The van der Waals surface area contributed by atoms with Crippen LogP contribution in [-0.4, -0.2) is 24.2 Å². The van der Waals surface area contributed by atoms with Gasteiger partial charge in [-0.1, -0.05) is 32.4 Å². The van der Waals surface area contributed by atoms with Crippen molar-refractivity contribution in [2.24, 2.45) is 28.6 Å². The Bertz CT molecular complexity index is 540. The number of carboxylic acid groups (broad SMARTS) is 1. The Kier molecular flexibility index (Phi) is 6.01. The van der Waals surface area contributed by atoms with Gasteiger partial charge in [0.25, 0.3) is 0 Å². The molecule has 0 aromatic rings. The third-order valence-corrected chi connectivity index (χ3v) is 7.20. The van der Waals surface area contributed by atoms with Crippen molar-refractivity contribution in [1.29, 1.82) is 0 Å². The third-order valence-electron chi connectivity index (χ3n) is 7.20. The standard InChI is InChI=1S/C21H34O4/c1-14(13-18(22)25-5)7-9-16-15(2)8-10-17-20(16,3)11-6-12-21(17,4)19(23)24/h14,16-17H,2,6-13H2,1,3-5H3,(H,23,24)/t14-,16+,17+,20-,21-/m0/s1. The lowest BCUT2D eigenvalue weighted by Gasteiger charge is -2.57. The van der Waals surface area contributed by atoms with Gasteiger partial charge in [0.1, 0.15) is 0 Å². The van der Waals surface area contributed by atoms with Gasteiger partial charge in [-0.15, -0.1) is 0 Å². The Balaban J connectivity index is 2.15. The molecule has 0 aliphatic heterocycles. The van der Waals surface area contributed by atoms with E-state index in [1.54, 1.807) is 0 Å². The summed E-state index contributed by atoms with van der Waals surface area (Å²) in [4.78, 5) is 23.5. The predicted molar refractivity (Wildman–Crippen MR) is 98.1 cm³/mol. The molecule has 2 saturated carbocycles. The fraction of sp³-hybridized carbons (Fsp3) is 0.810. The zero-order chi connectivity index (χ0) is 18.8. The molecule has 4 heteroatoms. The van der Waals surface area contributed by atoms with Gasteiger partial charge in [-0.2, -0.15) is 0 Å². The van der Waals surface area contributed by atoms with Crippen molar-refractivity contribution < 1.29 is 19.4 Å². The lowest BCUT2D eigenvalue weighted by molar-refractivity contribution is -0.164. The van der Waals surface area contributed by atoms with Gasteiger partial charge >= 0.3 is 11.9 Å². The lowest BCUT2D eigenvalue weighted by Crippen LogP contribution is -2.53. The second-order valence-corrected chi connectivity index (χ2v) is 8.85. The van der Waals surface area contributed by atoms with E-state index in [0.717, 1.165) is 44.9 Å². The quantitative estimate of drug-likeness (QED) is 0.550. The van der Waals surface area contributed by atoms with Crippen molar-refractivity contribution in [2.75, 3.05) is 7.11 Å². The van der Waals surface area contributed by atoms with Gasteiger partial charge in [-0.3, -0.25) is 9.59 Å². The Hall–Kier alpha value is -1.32. The minimum Gasteiger partial charge on any atom is -0.481 e. The van der Waals surface area contributed by atoms with Gasteiger partial charge in [0.15, 0.2) is 0 Å². The smallest absolute Gasteiger partial charge is 0.309 e. The summed E-state index contributed by atoms with van der Waals surface area (Å²) in [6, 6.07) is 0. The second kappa shape index (κ2) is 7.51. The fourth-order valence-electron chi connectivity index (χ4n) is 5.66. The molecule has 2 aliphatic carbocycles. The van der Waals surface area contributed by atoms with Gasteiger partial charge in [-0.05, 0) is 68.6 Å². The summed E-state index contributed by atoms with van der Waals surface area (Å²) in [6.07, 6.45) is 7.08. The molecule has 0 spiro atoms. The van der Waals surface area contributed by atoms with E-state index in [1.165, 1.54) is 12.7 Å². The zero-order valence-corrected chi connectivity index (χ0v) is 16.3. The largest absolute Gasteiger partial charge is 0.481 e. The van der Waals surface area contributed by atoms with Crippen LogP contribution in [0.1, 0.15) is 72.1 Å². The highest BCUT2D eigenvalue weighted by atomic mass is 16.5. The molecule has 4 nitrogen and oxygen atoms in total. The van der Waals surface area contributed by atoms with E-state index in [0.29, 0.717) is 12.3 Å².